The predicted molar refractivity (Wildman–Crippen MR) is 69.5 cm³/mol. The van der Waals surface area contributed by atoms with E-state index in [9.17, 15) is 0 Å². The van der Waals surface area contributed by atoms with Crippen LogP contribution in [-0.2, 0) is 11.3 Å². The van der Waals surface area contributed by atoms with Gasteiger partial charge in [0.15, 0.2) is 5.84 Å². The summed E-state index contributed by atoms with van der Waals surface area (Å²) >= 11 is 0. The van der Waals surface area contributed by atoms with Gasteiger partial charge in [-0.1, -0.05) is 5.16 Å². The Labute approximate surface area is 107 Å². The van der Waals surface area contributed by atoms with Crippen LogP contribution in [0.2, 0.25) is 0 Å². The van der Waals surface area contributed by atoms with Crippen LogP contribution in [0, 0.1) is 0 Å². The number of nitrogens with two attached hydrogens (primary N) is 1. The number of nitrogens with one attached hydrogen (secondary N) is 1. The molecule has 0 amide bonds. The molecular weight excluding hydrogens is 232 g/mol. The van der Waals surface area contributed by atoms with Crippen LogP contribution in [0.15, 0.2) is 23.5 Å². The molecule has 1 heterocycles. The van der Waals surface area contributed by atoms with E-state index in [0.29, 0.717) is 18.8 Å². The van der Waals surface area contributed by atoms with Gasteiger partial charge in [-0.3, -0.25) is 4.98 Å². The molecule has 0 aromatic carbocycles. The molecule has 0 radical (unpaired) electrons. The minimum absolute atomic E-state index is 0.0139. The average molecular weight is 252 g/mol. The van der Waals surface area contributed by atoms with Crippen molar-refractivity contribution in [1.29, 1.82) is 0 Å². The van der Waals surface area contributed by atoms with Gasteiger partial charge in [0.2, 0.25) is 0 Å². The molecule has 0 aliphatic heterocycles. The van der Waals surface area contributed by atoms with Gasteiger partial charge in [-0.25, -0.2) is 0 Å². The third-order valence-corrected chi connectivity index (χ3v) is 2.25. The van der Waals surface area contributed by atoms with Gasteiger partial charge in [-0.15, -0.1) is 0 Å². The fraction of sp³-hybridized carbons (Fsp3) is 0.500. The highest BCUT2D eigenvalue weighted by Gasteiger charge is 2.02. The Bertz CT molecular complexity index is 393. The summed E-state index contributed by atoms with van der Waals surface area (Å²) < 4.78 is 5.41. The molecule has 0 aliphatic carbocycles. The average Bonchev–Trinajstić information content (AvgIpc) is 2.37. The first-order valence-electron chi connectivity index (χ1n) is 5.88. The number of amidine groups is 1. The minimum atomic E-state index is 0.0139. The van der Waals surface area contributed by atoms with Crippen molar-refractivity contribution >= 4 is 5.84 Å². The van der Waals surface area contributed by atoms with Crippen molar-refractivity contribution in [2.45, 2.75) is 26.5 Å². The first-order valence-corrected chi connectivity index (χ1v) is 5.88. The lowest BCUT2D eigenvalue weighted by Gasteiger charge is -2.09. The topological polar surface area (TPSA) is 92.8 Å². The third-order valence-electron chi connectivity index (χ3n) is 2.25. The number of pyridine rings is 1. The van der Waals surface area contributed by atoms with Gasteiger partial charge in [0, 0.05) is 19.3 Å². The van der Waals surface area contributed by atoms with Gasteiger partial charge in [-0.2, -0.15) is 0 Å². The monoisotopic (exact) mass is 252 g/mol. The maximum absolute atomic E-state index is 8.57. The molecule has 100 valence electrons. The zero-order chi connectivity index (χ0) is 13.4. The van der Waals surface area contributed by atoms with Crippen LogP contribution in [0.25, 0.3) is 0 Å². The molecule has 0 atom stereocenters. The van der Waals surface area contributed by atoms with E-state index >= 15 is 0 Å². The fourth-order valence-corrected chi connectivity index (χ4v) is 1.38. The summed E-state index contributed by atoms with van der Waals surface area (Å²) in [4.78, 5) is 4.01. The molecule has 0 saturated heterocycles. The Morgan fingerprint density at radius 1 is 1.61 bits per heavy atom. The van der Waals surface area contributed by atoms with Gasteiger partial charge in [0.25, 0.3) is 0 Å². The summed E-state index contributed by atoms with van der Waals surface area (Å²) in [6.07, 6.45) is 1.88. The molecular formula is C12H20N4O2. The Balaban J connectivity index is 2.39. The highest BCUT2D eigenvalue weighted by atomic mass is 16.5. The number of aromatic nitrogens is 1. The fourth-order valence-electron chi connectivity index (χ4n) is 1.38. The van der Waals surface area contributed by atoms with Gasteiger partial charge in [0.1, 0.15) is 5.69 Å². The van der Waals surface area contributed by atoms with Gasteiger partial charge in [-0.05, 0) is 31.5 Å². The number of hydrogen-bond acceptors (Lipinski definition) is 5. The second kappa shape index (κ2) is 7.62. The van der Waals surface area contributed by atoms with E-state index in [0.717, 1.165) is 12.1 Å². The number of hydrogen-bond donors (Lipinski definition) is 3. The highest BCUT2D eigenvalue weighted by molar-refractivity contribution is 5.95. The van der Waals surface area contributed by atoms with E-state index in [1.54, 1.807) is 12.3 Å². The first kappa shape index (κ1) is 14.4. The summed E-state index contributed by atoms with van der Waals surface area (Å²) in [5.41, 5.74) is 6.96. The number of oxime groups is 1. The van der Waals surface area contributed by atoms with E-state index in [1.165, 1.54) is 0 Å². The van der Waals surface area contributed by atoms with Crippen LogP contribution >= 0.6 is 0 Å². The van der Waals surface area contributed by atoms with Crippen LogP contribution in [0.4, 0.5) is 0 Å². The molecule has 6 nitrogen and oxygen atoms in total. The predicted octanol–water partition coefficient (Wildman–Crippen LogP) is 0.691. The smallest absolute Gasteiger partial charge is 0.188 e. The number of ether oxygens (including phenoxy) is 1. The SMILES string of the molecule is CC(C)OCCNCc1ccnc(/C(N)=N/O)c1. The highest BCUT2D eigenvalue weighted by Crippen LogP contribution is 2.01. The van der Waals surface area contributed by atoms with Crippen molar-refractivity contribution in [2.75, 3.05) is 13.2 Å². The summed E-state index contributed by atoms with van der Waals surface area (Å²) in [5, 5.41) is 14.7. The summed E-state index contributed by atoms with van der Waals surface area (Å²) in [7, 11) is 0. The quantitative estimate of drug-likeness (QED) is 0.218. The van der Waals surface area contributed by atoms with Crippen molar-refractivity contribution in [1.82, 2.24) is 10.3 Å². The van der Waals surface area contributed by atoms with Crippen LogP contribution in [0.3, 0.4) is 0 Å². The van der Waals surface area contributed by atoms with Crippen molar-refractivity contribution in [3.05, 3.63) is 29.6 Å². The lowest BCUT2D eigenvalue weighted by Crippen LogP contribution is -2.21. The second-order valence-corrected chi connectivity index (χ2v) is 4.13. The van der Waals surface area contributed by atoms with E-state index < -0.39 is 0 Å². The van der Waals surface area contributed by atoms with E-state index in [-0.39, 0.29) is 11.9 Å². The second-order valence-electron chi connectivity index (χ2n) is 4.13. The number of nitrogens with zero attached hydrogens (tertiary/aromatic N) is 2. The Kier molecular flexibility index (Phi) is 6.10. The lowest BCUT2D eigenvalue weighted by molar-refractivity contribution is 0.0807. The molecule has 4 N–H and O–H groups in total. The molecule has 0 fully saturated rings. The third kappa shape index (κ3) is 5.11. The lowest BCUT2D eigenvalue weighted by atomic mass is 10.2. The first-order chi connectivity index (χ1) is 8.63. The molecule has 6 heteroatoms. The minimum Gasteiger partial charge on any atom is -0.409 e. The Morgan fingerprint density at radius 2 is 2.39 bits per heavy atom. The van der Waals surface area contributed by atoms with Gasteiger partial charge in [0.05, 0.1) is 12.7 Å². The van der Waals surface area contributed by atoms with E-state index in [4.69, 9.17) is 15.7 Å². The van der Waals surface area contributed by atoms with Crippen molar-refractivity contribution < 1.29 is 9.94 Å². The van der Waals surface area contributed by atoms with Crippen LogP contribution < -0.4 is 11.1 Å². The molecule has 1 aromatic heterocycles. The van der Waals surface area contributed by atoms with Crippen LogP contribution in [0.1, 0.15) is 25.1 Å². The largest absolute Gasteiger partial charge is 0.409 e. The van der Waals surface area contributed by atoms with Crippen molar-refractivity contribution in [2.24, 2.45) is 10.9 Å². The maximum atomic E-state index is 8.57. The Hall–Kier alpha value is -1.66. The van der Waals surface area contributed by atoms with Crippen LogP contribution in [-0.4, -0.2) is 35.3 Å². The molecule has 0 bridgehead atoms. The molecule has 0 spiro atoms. The van der Waals surface area contributed by atoms with Crippen molar-refractivity contribution in [3.8, 4) is 0 Å². The molecule has 1 rings (SSSR count). The molecule has 0 saturated carbocycles. The zero-order valence-electron chi connectivity index (χ0n) is 10.8. The molecule has 0 unspecified atom stereocenters. The van der Waals surface area contributed by atoms with Gasteiger partial charge >= 0.3 is 0 Å². The standard InChI is InChI=1S/C12H20N4O2/c1-9(2)18-6-5-14-8-10-3-4-15-11(7-10)12(13)16-17/h3-4,7,9,14,17H,5-6,8H2,1-2H3,(H2,13,16). The molecule has 1 aromatic rings. The van der Waals surface area contributed by atoms with E-state index in [2.05, 4.69) is 15.5 Å². The maximum Gasteiger partial charge on any atom is 0.188 e. The molecule has 0 aliphatic rings. The summed E-state index contributed by atoms with van der Waals surface area (Å²) in [5.74, 6) is 0.0139. The number of rotatable bonds is 7. The van der Waals surface area contributed by atoms with E-state index in [1.807, 2.05) is 19.9 Å². The summed E-state index contributed by atoms with van der Waals surface area (Å²) in [6.45, 7) is 6.16. The van der Waals surface area contributed by atoms with Crippen LogP contribution in [0.5, 0.6) is 0 Å². The van der Waals surface area contributed by atoms with Gasteiger partial charge < -0.3 is 21.0 Å². The Morgan fingerprint density at radius 3 is 3.06 bits per heavy atom. The normalized spacial score (nSPS) is 12.1. The van der Waals surface area contributed by atoms with Crippen molar-refractivity contribution in [3.63, 3.8) is 0 Å². The summed E-state index contributed by atoms with van der Waals surface area (Å²) in [6, 6.07) is 3.66. The zero-order valence-corrected chi connectivity index (χ0v) is 10.8. The molecule has 18 heavy (non-hydrogen) atoms.